The molecule has 14 aliphatic heterocycles. The normalized spacial score (nSPS) is 25.1. The number of phenols is 2. The molecule has 0 radical (unpaired) electrons. The highest BCUT2D eigenvalue weighted by Gasteiger charge is 2.66. The highest BCUT2D eigenvalue weighted by molar-refractivity contribution is 7.99. The lowest BCUT2D eigenvalue weighted by Crippen LogP contribution is -2.71. The third-order valence-electron chi connectivity index (χ3n) is 27.5. The van der Waals surface area contributed by atoms with Crippen molar-refractivity contribution in [2.45, 2.75) is 190 Å². The fraction of sp³-hybridized carbons (Fsp3) is 0.408. The van der Waals surface area contributed by atoms with Crippen molar-refractivity contribution < 1.29 is 115 Å². The van der Waals surface area contributed by atoms with Gasteiger partial charge in [-0.05, 0) is 166 Å². The van der Waals surface area contributed by atoms with Crippen LogP contribution in [0.15, 0.2) is 109 Å². The molecular formula is C103H108N8O24S2. The predicted molar refractivity (Wildman–Crippen MR) is 504 cm³/mol. The van der Waals surface area contributed by atoms with E-state index in [9.17, 15) is 44.7 Å². The molecule has 0 saturated carbocycles. The predicted octanol–water partition coefficient (Wildman–Crippen LogP) is 14.0. The fourth-order valence-corrected chi connectivity index (χ4v) is 25.5. The number of hydrogen-bond donors (Lipinski definition) is 5. The van der Waals surface area contributed by atoms with Crippen LogP contribution in [-0.2, 0) is 79.7 Å². The monoisotopic (exact) mass is 1900 g/mol. The maximum absolute atomic E-state index is 15.3. The molecule has 14 heterocycles. The van der Waals surface area contributed by atoms with E-state index < -0.39 is 123 Å². The van der Waals surface area contributed by atoms with Gasteiger partial charge in [0.05, 0.1) is 87.3 Å². The summed E-state index contributed by atoms with van der Waals surface area (Å²) in [6.07, 6.45) is 6.86. The minimum Gasteiger partial charge on any atom is -0.504 e. The molecule has 716 valence electrons. The number of aryl methyl sites for hydroxylation is 2. The van der Waals surface area contributed by atoms with Crippen molar-refractivity contribution in [1.29, 1.82) is 10.5 Å². The first kappa shape index (κ1) is 95.5. The Hall–Kier alpha value is -13.2. The van der Waals surface area contributed by atoms with Crippen LogP contribution < -0.4 is 72.8 Å². The van der Waals surface area contributed by atoms with Crippen molar-refractivity contribution in [3.63, 3.8) is 0 Å². The zero-order chi connectivity index (χ0) is 94.9. The largest absolute Gasteiger partial charge is 0.504 e. The highest BCUT2D eigenvalue weighted by atomic mass is 32.2. The van der Waals surface area contributed by atoms with Crippen molar-refractivity contribution in [3.8, 4) is 92.6 Å². The number of aromatic hydroxyl groups is 2. The Morgan fingerprint density at radius 1 is 0.526 bits per heavy atom. The number of esters is 6. The first-order chi connectivity index (χ1) is 65.0. The van der Waals surface area contributed by atoms with E-state index >= 15 is 9.59 Å². The van der Waals surface area contributed by atoms with Crippen molar-refractivity contribution in [2.24, 2.45) is 0 Å². The van der Waals surface area contributed by atoms with Gasteiger partial charge in [0.25, 0.3) is 0 Å². The van der Waals surface area contributed by atoms with Crippen LogP contribution in [0.25, 0.3) is 12.2 Å². The topological polar surface area (TPSA) is 392 Å². The lowest BCUT2D eigenvalue weighted by molar-refractivity contribution is -0.157. The second-order valence-corrected chi connectivity index (χ2v) is 38.5. The Kier molecular flexibility index (Phi) is 26.1. The zero-order valence-corrected chi connectivity index (χ0v) is 78.0. The summed E-state index contributed by atoms with van der Waals surface area (Å²) in [5, 5.41) is 56.4. The number of rotatable bonds is 12. The standard InChI is InChI=1S/C53H54N4O13S.C48H46N4O11S.2CH4/c1-26-18-31-19-33-34(22-54)56-35-23-65-50(61)53(32-21-36(63-7)37(20-30(32)16-17-55-53)69-38(59)15-14-29-12-10-9-11-13-29)24-71-49(41-40(35)48-47(66-25-67-48)27(2)46(41)68-28(3)58)43(56)42(39(31)44(60)45(26)64-8)57(33)51(62)70-52(4,5)6;1-23-15-28-16-30-31(19-49)52-32-20-59-47(56)48(29-18-33(57-4)34(17-27(29)13-14-50-48)63-35(54)12-11-26-9-7-6-8-10-26)21-64-46(40(52)39(51-30)36(28)41(55)42(23)58-5)38-37(32)45-44(60-22-61-45)24(2)43(38)62-25(3)53;;/h9-15,18,20-21,33-35,42-43,49,55,60H,16-17,19,23-25H2,1-8H3;6-12,15,17-18,30-32,39-40,46,50-51,55H,13-14,16,20-22H2,1-5H3;2*1H4/b15-14+;12-11+;;/t33-,34-,35-,42+,43?,49+,53+;30-,31-,32-,39+,40?,46+,48+;;/m00../s1. The molecule has 34 heteroatoms. The summed E-state index contributed by atoms with van der Waals surface area (Å²) in [5.41, 5.74) is 7.77. The molecule has 14 atom stereocenters. The van der Waals surface area contributed by atoms with Gasteiger partial charge in [0.15, 0.2) is 80.1 Å². The van der Waals surface area contributed by atoms with E-state index in [0.717, 1.165) is 33.4 Å². The summed E-state index contributed by atoms with van der Waals surface area (Å²) < 4.78 is 91.2. The third kappa shape index (κ3) is 16.1. The van der Waals surface area contributed by atoms with E-state index in [1.54, 1.807) is 69.0 Å². The number of fused-ring (bicyclic) bond motifs is 18. The molecule has 5 N–H and O–H groups in total. The molecule has 8 aromatic rings. The summed E-state index contributed by atoms with van der Waals surface area (Å²) in [5.74, 6) is -0.167. The lowest BCUT2D eigenvalue weighted by atomic mass is 9.71. The number of ether oxygens (including phenoxy) is 15. The van der Waals surface area contributed by atoms with E-state index in [0.29, 0.717) is 134 Å². The molecular weight excluding hydrogens is 1800 g/mol. The zero-order valence-electron chi connectivity index (χ0n) is 76.4. The molecule has 2 spiro atoms. The van der Waals surface area contributed by atoms with Crippen molar-refractivity contribution in [2.75, 3.05) is 79.8 Å². The Balaban J connectivity index is 0.000000188. The van der Waals surface area contributed by atoms with Gasteiger partial charge in [0.2, 0.25) is 13.6 Å². The van der Waals surface area contributed by atoms with Crippen molar-refractivity contribution in [3.05, 3.63) is 209 Å². The van der Waals surface area contributed by atoms with Crippen LogP contribution in [0, 0.1) is 50.4 Å². The fourth-order valence-electron chi connectivity index (χ4n) is 22.2. The summed E-state index contributed by atoms with van der Waals surface area (Å²) in [7, 11) is 5.90. The van der Waals surface area contributed by atoms with Crippen LogP contribution in [0.5, 0.6) is 80.5 Å². The van der Waals surface area contributed by atoms with E-state index in [1.807, 2.05) is 98.5 Å². The quantitative estimate of drug-likeness (QED) is 0.0328. The smallest absolute Gasteiger partial charge is 0.411 e. The molecule has 32 nitrogen and oxygen atoms in total. The van der Waals surface area contributed by atoms with Crippen molar-refractivity contribution in [1.82, 2.24) is 30.7 Å². The van der Waals surface area contributed by atoms with E-state index in [1.165, 1.54) is 78.0 Å². The van der Waals surface area contributed by atoms with Crippen molar-refractivity contribution >= 4 is 77.6 Å². The van der Waals surface area contributed by atoms with E-state index in [4.69, 9.17) is 71.1 Å². The SMILES string of the molecule is C.C.COc1cc2c(cc1OC(=O)/C=C/c1ccccc1)CCN[C@]21CS[C@@H]2c3c(OC(C)=O)c(C)c4c(c3[C@H](COC1=O)N1C2[C@@H]2N[C@@H](Cc3cc(C)c(OC)c(O)c32)[C@@H]1C#N)OCO4.COc1cc2c(cc1OC(=O)/C=C/c1ccccc1)CCN[C@]21CS[C@@H]2c3c(OC(C)=O)c(C)c4c(c3[C@H](COC1=O)N1C2[C@H]2c3c(cc(C)c(OC)c3O)C[C@@H]([C@@H]1C#N)N2C(=O)OC(C)(C)C)OCO4. The number of thioether (sulfide) groups is 2. The molecule has 2 unspecified atom stereocenters. The number of carbonyl (C=O) groups excluding carboxylic acids is 7. The number of nitriles is 2. The first-order valence-electron chi connectivity index (χ1n) is 44.6. The number of hydrogen-bond acceptors (Lipinski definition) is 33. The molecule has 0 aromatic heterocycles. The van der Waals surface area contributed by atoms with Crippen LogP contribution in [0.1, 0.15) is 184 Å². The van der Waals surface area contributed by atoms with Crippen LogP contribution in [0.2, 0.25) is 0 Å². The van der Waals surface area contributed by atoms with E-state index in [2.05, 4.69) is 33.0 Å². The number of phenolic OH excluding ortho intramolecular Hbond substituents is 2. The van der Waals surface area contributed by atoms with Gasteiger partial charge >= 0.3 is 41.9 Å². The van der Waals surface area contributed by atoms with Gasteiger partial charge < -0.3 is 86.6 Å². The Labute approximate surface area is 801 Å². The van der Waals surface area contributed by atoms with E-state index in [-0.39, 0.29) is 112 Å². The average Bonchev–Trinajstić information content (AvgIpc) is 1.54. The number of carbonyl (C=O) groups is 7. The number of nitrogens with zero attached hydrogens (tertiary/aromatic N) is 5. The minimum atomic E-state index is -1.56. The summed E-state index contributed by atoms with van der Waals surface area (Å²) in [4.78, 5) is 104. The van der Waals surface area contributed by atoms with Gasteiger partial charge in [0, 0.05) is 107 Å². The number of nitrogens with one attached hydrogen (secondary N) is 3. The van der Waals surface area contributed by atoms with Crippen LogP contribution in [-0.4, -0.2) is 189 Å². The van der Waals surface area contributed by atoms with Gasteiger partial charge in [-0.3, -0.25) is 34.9 Å². The summed E-state index contributed by atoms with van der Waals surface area (Å²) >= 11 is 2.78. The van der Waals surface area contributed by atoms with Gasteiger partial charge in [-0.25, -0.2) is 24.0 Å². The molecule has 14 aliphatic rings. The number of benzene rings is 8. The molecule has 4 saturated heterocycles. The third-order valence-corrected chi connectivity index (χ3v) is 30.4. The van der Waals surface area contributed by atoms with Gasteiger partial charge in [-0.15, -0.1) is 23.5 Å². The number of methoxy groups -OCH3 is 4. The second-order valence-electron chi connectivity index (χ2n) is 36.3. The first-order valence-corrected chi connectivity index (χ1v) is 46.7. The highest BCUT2D eigenvalue weighted by Crippen LogP contribution is 2.68. The molecule has 8 bridgehead atoms. The number of piperazine rings is 2. The Bertz CT molecular complexity index is 6430. The lowest BCUT2D eigenvalue weighted by Gasteiger charge is -2.62. The molecule has 0 aliphatic carbocycles. The summed E-state index contributed by atoms with van der Waals surface area (Å²) in [6, 6.07) is 26.9. The molecule has 8 aromatic carbocycles. The molecule has 1 amide bonds. The van der Waals surface area contributed by atoms with Gasteiger partial charge in [-0.2, -0.15) is 10.5 Å². The van der Waals surface area contributed by atoms with Crippen LogP contribution in [0.4, 0.5) is 4.79 Å². The molecule has 137 heavy (non-hydrogen) atoms. The molecule has 4 fully saturated rings. The summed E-state index contributed by atoms with van der Waals surface area (Å²) in [6.45, 7) is 15.2. The maximum Gasteiger partial charge on any atom is 0.411 e. The maximum atomic E-state index is 15.3. The second kappa shape index (κ2) is 37.4. The Morgan fingerprint density at radius 2 is 0.971 bits per heavy atom. The average molecular weight is 1910 g/mol. The van der Waals surface area contributed by atoms with Gasteiger partial charge in [0.1, 0.15) is 42.4 Å². The molecule has 22 rings (SSSR count). The van der Waals surface area contributed by atoms with Gasteiger partial charge in [-0.1, -0.05) is 87.6 Å². The van der Waals surface area contributed by atoms with Crippen LogP contribution in [0.3, 0.4) is 0 Å². The van der Waals surface area contributed by atoms with Crippen LogP contribution >= 0.6 is 23.5 Å². The minimum absolute atomic E-state index is 0. The Morgan fingerprint density at radius 3 is 1.42 bits per heavy atom. The number of amides is 1.